The van der Waals surface area contributed by atoms with Gasteiger partial charge in [-0.1, -0.05) is 93.1 Å². The van der Waals surface area contributed by atoms with Crippen LogP contribution in [0.25, 0.3) is 17.2 Å². The van der Waals surface area contributed by atoms with E-state index in [0.717, 1.165) is 11.6 Å². The average molecular weight is 731 g/mol. The number of benzene rings is 4. The Morgan fingerprint density at radius 3 is 2.10 bits per heavy atom. The second kappa shape index (κ2) is 15.6. The van der Waals surface area contributed by atoms with Crippen LogP contribution in [0.1, 0.15) is 59.3 Å². The number of alkyl halides is 3. The van der Waals surface area contributed by atoms with Crippen molar-refractivity contribution in [3.05, 3.63) is 130 Å². The Bertz CT molecular complexity index is 1970. The SMILES string of the molecule is CC(C)(C)C=Cc1ccc(C(Cc2ccc(C(=O)NCCS(=O)(=O)O)cc2)C(=O)Nc2cc(C(F)(F)F)c(-c3ccc(Cl)cc3)cc2F)cc1. The number of halogens is 5. The lowest BCUT2D eigenvalue weighted by molar-refractivity contribution is -0.137. The van der Waals surface area contributed by atoms with Gasteiger partial charge in [0.15, 0.2) is 0 Å². The summed E-state index contributed by atoms with van der Waals surface area (Å²) < 4.78 is 88.9. The predicted octanol–water partition coefficient (Wildman–Crippen LogP) is 8.81. The molecule has 0 aromatic heterocycles. The Morgan fingerprint density at radius 1 is 0.920 bits per heavy atom. The number of carbonyl (C=O) groups is 2. The molecule has 0 fully saturated rings. The van der Waals surface area contributed by atoms with Crippen LogP contribution in [0.4, 0.5) is 23.2 Å². The van der Waals surface area contributed by atoms with E-state index in [0.29, 0.717) is 22.2 Å². The van der Waals surface area contributed by atoms with Crippen molar-refractivity contribution < 1.29 is 40.1 Å². The Morgan fingerprint density at radius 2 is 1.54 bits per heavy atom. The van der Waals surface area contributed by atoms with Gasteiger partial charge in [-0.25, -0.2) is 4.39 Å². The summed E-state index contributed by atoms with van der Waals surface area (Å²) in [4.78, 5) is 26.2. The Labute approximate surface area is 293 Å². The van der Waals surface area contributed by atoms with Crippen molar-refractivity contribution in [2.45, 2.75) is 39.3 Å². The van der Waals surface area contributed by atoms with Crippen LogP contribution < -0.4 is 10.6 Å². The molecule has 4 aromatic carbocycles. The first kappa shape index (κ1) is 38.3. The van der Waals surface area contributed by atoms with Gasteiger partial charge in [-0.2, -0.15) is 21.6 Å². The van der Waals surface area contributed by atoms with Gasteiger partial charge in [0.25, 0.3) is 16.0 Å². The van der Waals surface area contributed by atoms with E-state index in [2.05, 4.69) is 10.6 Å². The van der Waals surface area contributed by atoms with Gasteiger partial charge in [-0.3, -0.25) is 14.1 Å². The minimum Gasteiger partial charge on any atom is -0.351 e. The maximum absolute atomic E-state index is 15.4. The molecule has 264 valence electrons. The zero-order valence-corrected chi connectivity index (χ0v) is 28.9. The van der Waals surface area contributed by atoms with Crippen LogP contribution in [-0.2, 0) is 27.5 Å². The highest BCUT2D eigenvalue weighted by Crippen LogP contribution is 2.40. The van der Waals surface area contributed by atoms with E-state index in [1.807, 2.05) is 32.9 Å². The average Bonchev–Trinajstić information content (AvgIpc) is 3.03. The van der Waals surface area contributed by atoms with Crippen LogP contribution in [0, 0.1) is 11.2 Å². The lowest BCUT2D eigenvalue weighted by Gasteiger charge is -2.20. The summed E-state index contributed by atoms with van der Waals surface area (Å²) in [6.45, 7) is 5.81. The van der Waals surface area contributed by atoms with Crippen LogP contribution in [-0.4, -0.2) is 37.1 Å². The van der Waals surface area contributed by atoms with Crippen LogP contribution in [0.2, 0.25) is 5.02 Å². The Hall–Kier alpha value is -4.52. The molecule has 0 aliphatic heterocycles. The van der Waals surface area contributed by atoms with Gasteiger partial charge >= 0.3 is 6.18 Å². The summed E-state index contributed by atoms with van der Waals surface area (Å²) in [7, 11) is -4.26. The fourth-order valence-corrected chi connectivity index (χ4v) is 5.45. The Balaban J connectivity index is 1.65. The first-order valence-electron chi connectivity index (χ1n) is 15.4. The highest BCUT2D eigenvalue weighted by atomic mass is 35.5. The highest BCUT2D eigenvalue weighted by molar-refractivity contribution is 7.85. The molecule has 0 saturated carbocycles. The first-order chi connectivity index (χ1) is 23.3. The number of carbonyl (C=O) groups excluding carboxylic acids is 2. The minimum atomic E-state index is -4.88. The van der Waals surface area contributed by atoms with Crippen molar-refractivity contribution >= 4 is 45.3 Å². The second-order valence-electron chi connectivity index (χ2n) is 12.7. The predicted molar refractivity (Wildman–Crippen MR) is 187 cm³/mol. The monoisotopic (exact) mass is 730 g/mol. The molecule has 0 spiro atoms. The van der Waals surface area contributed by atoms with Crippen molar-refractivity contribution in [1.82, 2.24) is 5.32 Å². The van der Waals surface area contributed by atoms with E-state index < -0.39 is 62.4 Å². The lowest BCUT2D eigenvalue weighted by Crippen LogP contribution is -2.28. The first-order valence-corrected chi connectivity index (χ1v) is 17.4. The van der Waals surface area contributed by atoms with Crippen molar-refractivity contribution in [3.8, 4) is 11.1 Å². The van der Waals surface area contributed by atoms with Gasteiger partial charge in [0.05, 0.1) is 22.9 Å². The summed E-state index contributed by atoms with van der Waals surface area (Å²) in [6.07, 6.45) is -0.904. The summed E-state index contributed by atoms with van der Waals surface area (Å²) in [6, 6.07) is 19.8. The molecule has 0 radical (unpaired) electrons. The van der Waals surface area contributed by atoms with Crippen molar-refractivity contribution in [2.24, 2.45) is 5.41 Å². The second-order valence-corrected chi connectivity index (χ2v) is 14.7. The normalized spacial score (nSPS) is 12.9. The largest absolute Gasteiger partial charge is 0.417 e. The zero-order valence-electron chi connectivity index (χ0n) is 27.3. The van der Waals surface area contributed by atoms with Crippen molar-refractivity contribution in [3.63, 3.8) is 0 Å². The van der Waals surface area contributed by atoms with Crippen LogP contribution in [0.5, 0.6) is 0 Å². The number of nitrogens with one attached hydrogen (secondary N) is 2. The molecule has 1 atom stereocenters. The standard InChI is InChI=1S/C37H35ClF4N2O5S/c1-36(2,3)17-16-23-4-8-26(9-5-23)30(20-24-6-10-27(11-7-24)34(45)43-18-19-50(47,48)49)35(46)44-33-22-31(37(40,41)42)29(21-32(33)39)25-12-14-28(38)15-13-25/h4-17,21-22,30H,18-20H2,1-3H3,(H,43,45)(H,44,46)(H,47,48,49). The quantitative estimate of drug-likeness (QED) is 0.106. The molecule has 0 saturated heterocycles. The summed E-state index contributed by atoms with van der Waals surface area (Å²) in [5, 5.41) is 5.05. The number of rotatable bonds is 11. The molecule has 1 unspecified atom stereocenters. The third-order valence-electron chi connectivity index (χ3n) is 7.56. The molecule has 0 aliphatic carbocycles. The Kier molecular flexibility index (Phi) is 11.9. The van der Waals surface area contributed by atoms with E-state index in [9.17, 15) is 31.2 Å². The highest BCUT2D eigenvalue weighted by Gasteiger charge is 2.35. The molecular formula is C37H35ClF4N2O5S. The molecule has 13 heteroatoms. The summed E-state index contributed by atoms with van der Waals surface area (Å²) >= 11 is 5.89. The number of anilines is 1. The number of hydrogen-bond acceptors (Lipinski definition) is 4. The van der Waals surface area contributed by atoms with Gasteiger partial charge in [-0.05, 0) is 76.1 Å². The van der Waals surface area contributed by atoms with Gasteiger partial charge in [0, 0.05) is 17.1 Å². The number of hydrogen-bond donors (Lipinski definition) is 3. The van der Waals surface area contributed by atoms with Crippen molar-refractivity contribution in [1.29, 1.82) is 0 Å². The summed E-state index contributed by atoms with van der Waals surface area (Å²) in [5.41, 5.74) is -0.0747. The van der Waals surface area contributed by atoms with E-state index in [-0.39, 0.29) is 29.5 Å². The van der Waals surface area contributed by atoms with E-state index in [4.69, 9.17) is 16.2 Å². The van der Waals surface area contributed by atoms with E-state index in [1.165, 1.54) is 36.4 Å². The summed E-state index contributed by atoms with van der Waals surface area (Å²) in [5.74, 6) is -4.07. The van der Waals surface area contributed by atoms with Crippen LogP contribution >= 0.6 is 11.6 Å². The third kappa shape index (κ3) is 11.0. The molecule has 3 N–H and O–H groups in total. The van der Waals surface area contributed by atoms with Crippen LogP contribution in [0.3, 0.4) is 0 Å². The van der Waals surface area contributed by atoms with Gasteiger partial charge in [-0.15, -0.1) is 0 Å². The maximum atomic E-state index is 15.4. The van der Waals surface area contributed by atoms with E-state index in [1.54, 1.807) is 36.4 Å². The molecular weight excluding hydrogens is 696 g/mol. The molecule has 2 amide bonds. The zero-order chi connectivity index (χ0) is 36.9. The lowest BCUT2D eigenvalue weighted by atomic mass is 9.89. The molecule has 7 nitrogen and oxygen atoms in total. The molecule has 4 rings (SSSR count). The van der Waals surface area contributed by atoms with Gasteiger partial charge in [0.1, 0.15) is 5.82 Å². The van der Waals surface area contributed by atoms with Gasteiger partial charge < -0.3 is 10.6 Å². The molecule has 4 aromatic rings. The fraction of sp³-hybridized carbons (Fsp3) is 0.243. The topological polar surface area (TPSA) is 113 Å². The van der Waals surface area contributed by atoms with Crippen molar-refractivity contribution in [2.75, 3.05) is 17.6 Å². The maximum Gasteiger partial charge on any atom is 0.417 e. The van der Waals surface area contributed by atoms with Crippen LogP contribution in [0.15, 0.2) is 91.0 Å². The molecule has 0 aliphatic rings. The van der Waals surface area contributed by atoms with Gasteiger partial charge in [0.2, 0.25) is 5.91 Å². The minimum absolute atomic E-state index is 0.0320. The number of amides is 2. The molecule has 0 heterocycles. The number of allylic oxidation sites excluding steroid dienone is 1. The molecule has 50 heavy (non-hydrogen) atoms. The molecule has 0 bridgehead atoms. The van der Waals surface area contributed by atoms with E-state index >= 15 is 4.39 Å². The third-order valence-corrected chi connectivity index (χ3v) is 8.53. The fourth-order valence-electron chi connectivity index (χ4n) is 4.96. The smallest absolute Gasteiger partial charge is 0.351 e.